The summed E-state index contributed by atoms with van der Waals surface area (Å²) in [5, 5.41) is 7.25. The van der Waals surface area contributed by atoms with Gasteiger partial charge in [-0.05, 0) is 60.5 Å². The molecular formula is C23H20N4O2. The number of aromatic nitrogens is 3. The van der Waals surface area contributed by atoms with Crippen molar-refractivity contribution in [2.24, 2.45) is 0 Å². The zero-order valence-electron chi connectivity index (χ0n) is 15.9. The molecule has 1 N–H and O–H groups in total. The van der Waals surface area contributed by atoms with Gasteiger partial charge in [-0.15, -0.1) is 0 Å². The number of anilines is 1. The van der Waals surface area contributed by atoms with E-state index in [0.29, 0.717) is 5.75 Å². The van der Waals surface area contributed by atoms with E-state index in [2.05, 4.69) is 15.4 Å². The van der Waals surface area contributed by atoms with E-state index in [1.54, 1.807) is 23.3 Å². The van der Waals surface area contributed by atoms with Crippen molar-refractivity contribution in [1.82, 2.24) is 14.8 Å². The molecule has 6 nitrogen and oxygen atoms in total. The molecule has 4 aromatic rings. The lowest BCUT2D eigenvalue weighted by Crippen LogP contribution is -2.14. The monoisotopic (exact) mass is 384 g/mol. The Morgan fingerprint density at radius 2 is 1.93 bits per heavy atom. The fourth-order valence-corrected chi connectivity index (χ4v) is 2.94. The van der Waals surface area contributed by atoms with E-state index in [1.807, 2.05) is 73.8 Å². The van der Waals surface area contributed by atoms with Crippen LogP contribution in [0, 0.1) is 6.92 Å². The lowest BCUT2D eigenvalue weighted by atomic mass is 10.2. The predicted octanol–water partition coefficient (Wildman–Crippen LogP) is 4.55. The average molecular weight is 384 g/mol. The molecule has 0 bridgehead atoms. The van der Waals surface area contributed by atoms with Crippen molar-refractivity contribution in [1.29, 1.82) is 0 Å². The molecule has 4 rings (SSSR count). The van der Waals surface area contributed by atoms with E-state index in [0.717, 1.165) is 28.3 Å². The second kappa shape index (κ2) is 8.39. The number of hydrogen-bond donors (Lipinski definition) is 1. The number of aryl methyl sites for hydroxylation is 1. The number of hydrogen-bond acceptors (Lipinski definition) is 4. The first-order chi connectivity index (χ1) is 14.2. The molecule has 0 saturated heterocycles. The number of amides is 1. The van der Waals surface area contributed by atoms with Crippen molar-refractivity contribution in [3.05, 3.63) is 96.6 Å². The summed E-state index contributed by atoms with van der Waals surface area (Å²) in [6, 6.07) is 19.0. The third-order valence-electron chi connectivity index (χ3n) is 4.34. The van der Waals surface area contributed by atoms with E-state index < -0.39 is 0 Å². The molecule has 0 aliphatic heterocycles. The Kier molecular flexibility index (Phi) is 5.33. The fourth-order valence-electron chi connectivity index (χ4n) is 2.94. The lowest BCUT2D eigenvalue weighted by molar-refractivity contribution is -0.115. The smallest absolute Gasteiger partial charge is 0.228 e. The van der Waals surface area contributed by atoms with Crippen LogP contribution in [0.15, 0.2) is 85.5 Å². The van der Waals surface area contributed by atoms with Gasteiger partial charge >= 0.3 is 0 Å². The molecule has 0 aliphatic carbocycles. The highest BCUT2D eigenvalue weighted by Crippen LogP contribution is 2.26. The summed E-state index contributed by atoms with van der Waals surface area (Å²) in [5.41, 5.74) is 3.45. The van der Waals surface area contributed by atoms with Gasteiger partial charge in [-0.2, -0.15) is 5.10 Å². The molecule has 144 valence electrons. The van der Waals surface area contributed by atoms with Crippen LogP contribution in [0.2, 0.25) is 0 Å². The molecule has 6 heteroatoms. The maximum absolute atomic E-state index is 12.4. The Hall–Kier alpha value is -3.93. The van der Waals surface area contributed by atoms with Crippen molar-refractivity contribution in [2.45, 2.75) is 13.3 Å². The third-order valence-corrected chi connectivity index (χ3v) is 4.34. The summed E-state index contributed by atoms with van der Waals surface area (Å²) in [6.07, 6.45) is 7.18. The summed E-state index contributed by atoms with van der Waals surface area (Å²) in [4.78, 5) is 16.5. The molecule has 0 aliphatic rings. The SMILES string of the molecule is Cc1cc(NC(=O)Cc2cnn(-c3ccccc3)c2)ccc1Oc1cccnc1. The van der Waals surface area contributed by atoms with Gasteiger partial charge in [0.25, 0.3) is 0 Å². The summed E-state index contributed by atoms with van der Waals surface area (Å²) in [7, 11) is 0. The Morgan fingerprint density at radius 1 is 1.07 bits per heavy atom. The Morgan fingerprint density at radius 3 is 2.69 bits per heavy atom. The molecule has 1 amide bonds. The topological polar surface area (TPSA) is 69.0 Å². The number of carbonyl (C=O) groups excluding carboxylic acids is 1. The summed E-state index contributed by atoms with van der Waals surface area (Å²) < 4.78 is 7.58. The molecule has 2 heterocycles. The van der Waals surface area contributed by atoms with Crippen LogP contribution < -0.4 is 10.1 Å². The summed E-state index contributed by atoms with van der Waals surface area (Å²) >= 11 is 0. The van der Waals surface area contributed by atoms with Gasteiger partial charge in [0.1, 0.15) is 11.5 Å². The van der Waals surface area contributed by atoms with Crippen LogP contribution in [0.5, 0.6) is 11.5 Å². The first-order valence-corrected chi connectivity index (χ1v) is 9.25. The minimum Gasteiger partial charge on any atom is -0.455 e. The Balaban J connectivity index is 1.38. The maximum Gasteiger partial charge on any atom is 0.228 e. The molecule has 0 fully saturated rings. The maximum atomic E-state index is 12.4. The van der Waals surface area contributed by atoms with Gasteiger partial charge in [0.05, 0.1) is 24.5 Å². The van der Waals surface area contributed by atoms with E-state index in [1.165, 1.54) is 0 Å². The molecule has 0 saturated carbocycles. The van der Waals surface area contributed by atoms with E-state index in [-0.39, 0.29) is 12.3 Å². The first-order valence-electron chi connectivity index (χ1n) is 9.25. The molecule has 0 spiro atoms. The molecular weight excluding hydrogens is 364 g/mol. The Bertz CT molecular complexity index is 1110. The third kappa shape index (κ3) is 4.68. The van der Waals surface area contributed by atoms with Crippen molar-refractivity contribution in [2.75, 3.05) is 5.32 Å². The Labute approximate surface area is 168 Å². The average Bonchev–Trinajstić information content (AvgIpc) is 3.20. The molecule has 0 unspecified atom stereocenters. The summed E-state index contributed by atoms with van der Waals surface area (Å²) in [6.45, 7) is 1.94. The standard InChI is InChI=1S/C23H20N4O2/c1-17-12-19(9-10-22(17)29-21-8-5-11-24-15-21)26-23(28)13-18-14-25-27(16-18)20-6-3-2-4-7-20/h2-12,14-16H,13H2,1H3,(H,26,28). The van der Waals surface area contributed by atoms with Crippen LogP contribution in [0.3, 0.4) is 0 Å². The molecule has 2 aromatic carbocycles. The van der Waals surface area contributed by atoms with E-state index in [9.17, 15) is 4.79 Å². The zero-order valence-corrected chi connectivity index (χ0v) is 15.9. The van der Waals surface area contributed by atoms with Crippen LogP contribution in [-0.4, -0.2) is 20.7 Å². The first kappa shape index (κ1) is 18.4. The van der Waals surface area contributed by atoms with Gasteiger partial charge in [0.15, 0.2) is 0 Å². The van der Waals surface area contributed by atoms with Crippen molar-refractivity contribution in [3.8, 4) is 17.2 Å². The van der Waals surface area contributed by atoms with Gasteiger partial charge in [-0.1, -0.05) is 18.2 Å². The fraction of sp³-hybridized carbons (Fsp3) is 0.0870. The summed E-state index contributed by atoms with van der Waals surface area (Å²) in [5.74, 6) is 1.29. The van der Waals surface area contributed by atoms with Crippen molar-refractivity contribution >= 4 is 11.6 Å². The highest BCUT2D eigenvalue weighted by Gasteiger charge is 2.09. The van der Waals surface area contributed by atoms with Gasteiger partial charge < -0.3 is 10.1 Å². The number of rotatable bonds is 6. The van der Waals surface area contributed by atoms with Gasteiger partial charge in [0.2, 0.25) is 5.91 Å². The lowest BCUT2D eigenvalue weighted by Gasteiger charge is -2.11. The molecule has 29 heavy (non-hydrogen) atoms. The number of carbonyl (C=O) groups is 1. The number of para-hydroxylation sites is 1. The van der Waals surface area contributed by atoms with E-state index >= 15 is 0 Å². The number of nitrogens with zero attached hydrogens (tertiary/aromatic N) is 3. The van der Waals surface area contributed by atoms with Crippen LogP contribution in [0.1, 0.15) is 11.1 Å². The number of nitrogens with one attached hydrogen (secondary N) is 1. The van der Waals surface area contributed by atoms with Gasteiger partial charge in [0, 0.05) is 18.1 Å². The molecule has 2 aromatic heterocycles. The largest absolute Gasteiger partial charge is 0.455 e. The zero-order chi connectivity index (χ0) is 20.1. The van der Waals surface area contributed by atoms with Gasteiger partial charge in [-0.25, -0.2) is 4.68 Å². The second-order valence-corrected chi connectivity index (χ2v) is 6.62. The molecule has 0 radical (unpaired) electrons. The quantitative estimate of drug-likeness (QED) is 0.529. The van der Waals surface area contributed by atoms with Crippen molar-refractivity contribution < 1.29 is 9.53 Å². The minimum atomic E-state index is -0.0991. The van der Waals surface area contributed by atoms with Crippen LogP contribution in [0.4, 0.5) is 5.69 Å². The van der Waals surface area contributed by atoms with Crippen LogP contribution in [-0.2, 0) is 11.2 Å². The van der Waals surface area contributed by atoms with Crippen molar-refractivity contribution in [3.63, 3.8) is 0 Å². The normalized spacial score (nSPS) is 10.5. The van der Waals surface area contributed by atoms with Crippen LogP contribution in [0.25, 0.3) is 5.69 Å². The number of pyridine rings is 1. The van der Waals surface area contributed by atoms with E-state index in [4.69, 9.17) is 4.74 Å². The number of ether oxygens (including phenoxy) is 1. The van der Waals surface area contributed by atoms with Gasteiger partial charge in [-0.3, -0.25) is 9.78 Å². The second-order valence-electron chi connectivity index (χ2n) is 6.62. The minimum absolute atomic E-state index is 0.0991. The highest BCUT2D eigenvalue weighted by atomic mass is 16.5. The number of benzene rings is 2. The van der Waals surface area contributed by atoms with Crippen LogP contribution >= 0.6 is 0 Å². The predicted molar refractivity (Wildman–Crippen MR) is 111 cm³/mol. The highest BCUT2D eigenvalue weighted by molar-refractivity contribution is 5.92. The molecule has 0 atom stereocenters.